The second-order valence-electron chi connectivity index (χ2n) is 3.24. The Kier molecular flexibility index (Phi) is 2.74. The van der Waals surface area contributed by atoms with Gasteiger partial charge in [-0.25, -0.2) is 0 Å². The van der Waals surface area contributed by atoms with Gasteiger partial charge in [-0.1, -0.05) is 0 Å². The van der Waals surface area contributed by atoms with Crippen LogP contribution in [-0.4, -0.2) is 32.6 Å². The lowest BCUT2D eigenvalue weighted by molar-refractivity contribution is 0.00718. The van der Waals surface area contributed by atoms with Crippen molar-refractivity contribution >= 4 is 26.5 Å². The zero-order chi connectivity index (χ0) is 8.48. The highest BCUT2D eigenvalue weighted by atomic mass is 127. The molecule has 1 heterocycles. The number of rotatable bonds is 0. The van der Waals surface area contributed by atoms with Gasteiger partial charge in [-0.3, -0.25) is 4.79 Å². The van der Waals surface area contributed by atoms with Gasteiger partial charge in [-0.05, 0) is 19.8 Å². The molecule has 0 aromatic rings. The molecule has 0 unspecified atom stereocenters. The van der Waals surface area contributed by atoms with Crippen molar-refractivity contribution in [3.8, 4) is 0 Å². The molecule has 1 rings (SSSR count). The first-order chi connectivity index (χ1) is 5.01. The minimum Gasteiger partial charge on any atom is -0.390 e. The van der Waals surface area contributed by atoms with Crippen LogP contribution in [-0.2, 0) is 0 Å². The maximum absolute atomic E-state index is 10.8. The van der Waals surface area contributed by atoms with Crippen LogP contribution < -0.4 is 0 Å². The van der Waals surface area contributed by atoms with E-state index < -0.39 is 5.60 Å². The Labute approximate surface area is 79.9 Å². The van der Waals surface area contributed by atoms with Gasteiger partial charge in [-0.15, -0.1) is 0 Å². The van der Waals surface area contributed by atoms with E-state index in [9.17, 15) is 9.90 Å². The highest BCUT2D eigenvalue weighted by Crippen LogP contribution is 2.21. The van der Waals surface area contributed by atoms with E-state index in [4.69, 9.17) is 0 Å². The van der Waals surface area contributed by atoms with E-state index in [2.05, 4.69) is 0 Å². The number of halogens is 1. The smallest absolute Gasteiger partial charge is 0.283 e. The van der Waals surface area contributed by atoms with Gasteiger partial charge in [0.25, 0.3) is 3.91 Å². The van der Waals surface area contributed by atoms with Crippen molar-refractivity contribution in [1.29, 1.82) is 0 Å². The Balaban J connectivity index is 2.42. The van der Waals surface area contributed by atoms with E-state index in [-0.39, 0.29) is 3.91 Å². The van der Waals surface area contributed by atoms with Crippen LogP contribution in [0.4, 0.5) is 4.79 Å². The van der Waals surface area contributed by atoms with Crippen LogP contribution >= 0.6 is 22.6 Å². The second kappa shape index (κ2) is 3.26. The average molecular weight is 269 g/mol. The summed E-state index contributed by atoms with van der Waals surface area (Å²) in [6, 6.07) is 0. The van der Waals surface area contributed by atoms with Crippen molar-refractivity contribution in [3.63, 3.8) is 0 Å². The van der Waals surface area contributed by atoms with Gasteiger partial charge in [0.05, 0.1) is 5.60 Å². The minimum atomic E-state index is -0.553. The highest BCUT2D eigenvalue weighted by Gasteiger charge is 2.28. The van der Waals surface area contributed by atoms with Crippen LogP contribution in [0.15, 0.2) is 0 Å². The number of piperidine rings is 1. The van der Waals surface area contributed by atoms with Crippen molar-refractivity contribution in [2.24, 2.45) is 0 Å². The molecular weight excluding hydrogens is 257 g/mol. The van der Waals surface area contributed by atoms with E-state index in [0.29, 0.717) is 25.9 Å². The summed E-state index contributed by atoms with van der Waals surface area (Å²) in [6.07, 6.45) is 1.39. The lowest BCUT2D eigenvalue weighted by atomic mass is 9.94. The molecule has 0 bridgehead atoms. The van der Waals surface area contributed by atoms with Gasteiger partial charge in [0.1, 0.15) is 0 Å². The quantitative estimate of drug-likeness (QED) is 0.410. The third-order valence-corrected chi connectivity index (χ3v) is 2.77. The largest absolute Gasteiger partial charge is 0.390 e. The van der Waals surface area contributed by atoms with Crippen molar-refractivity contribution in [1.82, 2.24) is 4.90 Å². The number of aliphatic hydroxyl groups is 1. The van der Waals surface area contributed by atoms with Crippen LogP contribution in [0.3, 0.4) is 0 Å². The summed E-state index contributed by atoms with van der Waals surface area (Å²) in [5.41, 5.74) is -0.553. The Hall–Kier alpha value is 0.160. The first-order valence-corrected chi connectivity index (χ1v) is 4.76. The molecule has 0 spiro atoms. The summed E-state index contributed by atoms with van der Waals surface area (Å²) < 4.78 is 0.0816. The van der Waals surface area contributed by atoms with E-state index in [1.165, 1.54) is 0 Å². The SMILES string of the molecule is CC1(O)CCN(C(=O)I)CC1. The highest BCUT2D eigenvalue weighted by molar-refractivity contribution is 14.1. The molecule has 0 aromatic heterocycles. The summed E-state index contributed by atoms with van der Waals surface area (Å²) in [4.78, 5) is 12.6. The van der Waals surface area contributed by atoms with E-state index >= 15 is 0 Å². The molecular formula is C7H12INO2. The number of likely N-dealkylation sites (tertiary alicyclic amines) is 1. The Morgan fingerprint density at radius 2 is 2.00 bits per heavy atom. The Bertz CT molecular complexity index is 160. The zero-order valence-corrected chi connectivity index (χ0v) is 8.67. The Morgan fingerprint density at radius 1 is 1.55 bits per heavy atom. The van der Waals surface area contributed by atoms with Crippen molar-refractivity contribution in [3.05, 3.63) is 0 Å². The van der Waals surface area contributed by atoms with Crippen LogP contribution in [0, 0.1) is 0 Å². The molecule has 0 aromatic carbocycles. The van der Waals surface area contributed by atoms with Gasteiger partial charge in [-0.2, -0.15) is 0 Å². The van der Waals surface area contributed by atoms with Crippen molar-refractivity contribution in [2.75, 3.05) is 13.1 Å². The molecule has 1 fully saturated rings. The molecule has 1 aliphatic heterocycles. The molecule has 1 saturated heterocycles. The molecule has 0 aliphatic carbocycles. The number of carbonyl (C=O) groups is 1. The second-order valence-corrected chi connectivity index (χ2v) is 4.16. The van der Waals surface area contributed by atoms with E-state index in [0.717, 1.165) is 0 Å². The molecule has 0 saturated carbocycles. The maximum atomic E-state index is 10.8. The lowest BCUT2D eigenvalue weighted by Crippen LogP contribution is -2.43. The van der Waals surface area contributed by atoms with Crippen LogP contribution in [0.2, 0.25) is 0 Å². The standard InChI is InChI=1S/C7H12INO2/c1-7(11)2-4-9(5-3-7)6(8)10/h11H,2-5H2,1H3. The topological polar surface area (TPSA) is 40.5 Å². The molecule has 1 N–H and O–H groups in total. The number of hydrogen-bond acceptors (Lipinski definition) is 2. The molecule has 1 aliphatic rings. The van der Waals surface area contributed by atoms with Crippen LogP contribution in [0.1, 0.15) is 19.8 Å². The molecule has 0 radical (unpaired) electrons. The van der Waals surface area contributed by atoms with Gasteiger partial charge < -0.3 is 10.0 Å². The Morgan fingerprint density at radius 3 is 2.36 bits per heavy atom. The fraction of sp³-hybridized carbons (Fsp3) is 0.857. The third-order valence-electron chi connectivity index (χ3n) is 2.09. The number of hydrogen-bond donors (Lipinski definition) is 1. The summed E-state index contributed by atoms with van der Waals surface area (Å²) in [5.74, 6) is 0. The van der Waals surface area contributed by atoms with Gasteiger partial charge in [0.15, 0.2) is 0 Å². The maximum Gasteiger partial charge on any atom is 0.283 e. The third kappa shape index (κ3) is 2.59. The van der Waals surface area contributed by atoms with E-state index in [1.807, 2.05) is 6.92 Å². The lowest BCUT2D eigenvalue weighted by Gasteiger charge is -2.34. The minimum absolute atomic E-state index is 0.0816. The molecule has 3 nitrogen and oxygen atoms in total. The normalized spacial score (nSPS) is 23.4. The summed E-state index contributed by atoms with van der Waals surface area (Å²) in [6.45, 7) is 3.20. The predicted molar refractivity (Wildman–Crippen MR) is 50.8 cm³/mol. The molecule has 11 heavy (non-hydrogen) atoms. The average Bonchev–Trinajstić information content (AvgIpc) is 1.86. The van der Waals surface area contributed by atoms with Crippen molar-refractivity contribution < 1.29 is 9.90 Å². The fourth-order valence-electron chi connectivity index (χ4n) is 1.16. The van der Waals surface area contributed by atoms with Gasteiger partial charge >= 0.3 is 0 Å². The van der Waals surface area contributed by atoms with Crippen LogP contribution in [0.5, 0.6) is 0 Å². The molecule has 64 valence electrons. The van der Waals surface area contributed by atoms with E-state index in [1.54, 1.807) is 27.5 Å². The first kappa shape index (κ1) is 9.25. The van der Waals surface area contributed by atoms with Gasteiger partial charge in [0.2, 0.25) is 0 Å². The van der Waals surface area contributed by atoms with Gasteiger partial charge in [0, 0.05) is 35.7 Å². The summed E-state index contributed by atoms with van der Waals surface area (Å²) >= 11 is 1.78. The summed E-state index contributed by atoms with van der Waals surface area (Å²) in [5, 5.41) is 9.53. The molecule has 1 amide bonds. The van der Waals surface area contributed by atoms with Crippen LogP contribution in [0.25, 0.3) is 0 Å². The molecule has 0 atom stereocenters. The number of nitrogens with zero attached hydrogens (tertiary/aromatic N) is 1. The zero-order valence-electron chi connectivity index (χ0n) is 6.51. The fourth-order valence-corrected chi connectivity index (χ4v) is 1.65. The summed E-state index contributed by atoms with van der Waals surface area (Å²) in [7, 11) is 0. The monoisotopic (exact) mass is 269 g/mol. The van der Waals surface area contributed by atoms with Crippen molar-refractivity contribution in [2.45, 2.75) is 25.4 Å². The first-order valence-electron chi connectivity index (χ1n) is 3.68. The molecule has 4 heteroatoms. The predicted octanol–water partition coefficient (Wildman–Crippen LogP) is 1.39. The number of amides is 1. The number of carbonyl (C=O) groups excluding carboxylic acids is 1.